The summed E-state index contributed by atoms with van der Waals surface area (Å²) in [6, 6.07) is 9.26. The number of imidazole rings is 1. The fourth-order valence-corrected chi connectivity index (χ4v) is 5.44. The van der Waals surface area contributed by atoms with Crippen LogP contribution in [0.15, 0.2) is 36.4 Å². The van der Waals surface area contributed by atoms with Gasteiger partial charge in [-0.05, 0) is 44.3 Å². The number of ketones is 1. The lowest BCUT2D eigenvalue weighted by Gasteiger charge is -2.32. The second kappa shape index (κ2) is 10.8. The van der Waals surface area contributed by atoms with Gasteiger partial charge in [0, 0.05) is 57.2 Å². The number of Topliss-reactive ketones (excluding diaryl/α,β-unsaturated/α-hetero) is 1. The van der Waals surface area contributed by atoms with Gasteiger partial charge in [0.1, 0.15) is 5.75 Å². The number of rotatable bonds is 8. The van der Waals surface area contributed by atoms with Gasteiger partial charge in [0.15, 0.2) is 10.9 Å². The lowest BCUT2D eigenvalue weighted by molar-refractivity contribution is -0.274. The monoisotopic (exact) mass is 560 g/mol. The highest BCUT2D eigenvalue weighted by molar-refractivity contribution is 7.22. The Morgan fingerprint density at radius 1 is 1.03 bits per heavy atom. The fraction of sp³-hybridized carbons (Fsp3) is 0.385. The van der Waals surface area contributed by atoms with Crippen LogP contribution in [0.1, 0.15) is 30.1 Å². The minimum atomic E-state index is -4.77. The minimum Gasteiger partial charge on any atom is -0.406 e. The van der Waals surface area contributed by atoms with Crippen LogP contribution in [0.25, 0.3) is 21.3 Å². The standard InChI is InChI=1S/C26H27F3N6O3S/c1-3-35-20-7-4-16(21(36)8-9-23(37)34-12-10-33(2)11-13-34)14-19(20)30-24(35)32-25-31-18-6-5-17(15-22(18)39-25)38-26(27,28)29/h4-7,14-15H,3,8-13H2,1-2H3,(H,30,31,32). The number of hydrogen-bond acceptors (Lipinski definition) is 8. The van der Waals surface area contributed by atoms with Crippen molar-refractivity contribution in [3.05, 3.63) is 42.0 Å². The van der Waals surface area contributed by atoms with Crippen molar-refractivity contribution in [3.8, 4) is 5.75 Å². The second-order valence-corrected chi connectivity index (χ2v) is 10.3. The molecule has 9 nitrogen and oxygen atoms in total. The molecule has 2 aromatic carbocycles. The van der Waals surface area contributed by atoms with Gasteiger partial charge in [0.05, 0.1) is 21.3 Å². The largest absolute Gasteiger partial charge is 0.573 e. The molecule has 13 heteroatoms. The maximum atomic E-state index is 12.9. The van der Waals surface area contributed by atoms with Crippen molar-refractivity contribution in [1.29, 1.82) is 0 Å². The molecular formula is C26H27F3N6O3S. The summed E-state index contributed by atoms with van der Waals surface area (Å²) in [5, 5.41) is 3.61. The third-order valence-corrected chi connectivity index (χ3v) is 7.55. The number of carbonyl (C=O) groups is 2. The van der Waals surface area contributed by atoms with E-state index in [2.05, 4.69) is 24.9 Å². The van der Waals surface area contributed by atoms with E-state index in [9.17, 15) is 22.8 Å². The van der Waals surface area contributed by atoms with Crippen LogP contribution in [0.3, 0.4) is 0 Å². The number of nitrogens with zero attached hydrogens (tertiary/aromatic N) is 5. The quantitative estimate of drug-likeness (QED) is 0.302. The van der Waals surface area contributed by atoms with E-state index < -0.39 is 6.36 Å². The Balaban J connectivity index is 1.30. The van der Waals surface area contributed by atoms with Crippen molar-refractivity contribution >= 4 is 55.4 Å². The van der Waals surface area contributed by atoms with E-state index in [0.29, 0.717) is 52.0 Å². The molecule has 1 N–H and O–H groups in total. The number of aryl methyl sites for hydroxylation is 1. The van der Waals surface area contributed by atoms with E-state index in [1.807, 2.05) is 29.5 Å². The van der Waals surface area contributed by atoms with Crippen molar-refractivity contribution in [2.24, 2.45) is 0 Å². The summed E-state index contributed by atoms with van der Waals surface area (Å²) in [6.45, 7) is 5.55. The van der Waals surface area contributed by atoms with Gasteiger partial charge < -0.3 is 24.4 Å². The van der Waals surface area contributed by atoms with Crippen LogP contribution >= 0.6 is 11.3 Å². The summed E-state index contributed by atoms with van der Waals surface area (Å²) in [7, 11) is 2.02. The number of carbonyl (C=O) groups excluding carboxylic acids is 2. The molecular weight excluding hydrogens is 533 g/mol. The van der Waals surface area contributed by atoms with Crippen LogP contribution in [0.2, 0.25) is 0 Å². The van der Waals surface area contributed by atoms with Gasteiger partial charge in [-0.2, -0.15) is 0 Å². The zero-order chi connectivity index (χ0) is 27.7. The van der Waals surface area contributed by atoms with Crippen molar-refractivity contribution in [2.45, 2.75) is 32.7 Å². The minimum absolute atomic E-state index is 0.00722. The number of nitrogens with one attached hydrogen (secondary N) is 1. The number of likely N-dealkylation sites (N-methyl/N-ethyl adjacent to an activating group) is 1. The third-order valence-electron chi connectivity index (χ3n) is 6.62. The summed E-state index contributed by atoms with van der Waals surface area (Å²) in [5.41, 5.74) is 2.43. The van der Waals surface area contributed by atoms with E-state index in [1.165, 1.54) is 29.5 Å². The SMILES string of the molecule is CCn1c(Nc2nc3ccc(OC(F)(F)F)cc3s2)nc2cc(C(=O)CCC(=O)N3CCN(C)CC3)ccc21. The van der Waals surface area contributed by atoms with E-state index in [-0.39, 0.29) is 30.3 Å². The number of piperazine rings is 1. The topological polar surface area (TPSA) is 92.6 Å². The number of thiazole rings is 1. The summed E-state index contributed by atoms with van der Waals surface area (Å²) in [4.78, 5) is 38.5. The van der Waals surface area contributed by atoms with Gasteiger partial charge >= 0.3 is 6.36 Å². The number of benzene rings is 2. The zero-order valence-corrected chi connectivity index (χ0v) is 22.2. The Bertz CT molecular complexity index is 1520. The Hall–Kier alpha value is -3.71. The molecule has 206 valence electrons. The number of ether oxygens (including phenoxy) is 1. The first-order valence-electron chi connectivity index (χ1n) is 12.5. The van der Waals surface area contributed by atoms with Crippen molar-refractivity contribution < 1.29 is 27.5 Å². The van der Waals surface area contributed by atoms with Crippen molar-refractivity contribution in [2.75, 3.05) is 38.5 Å². The Labute approximate surface area is 226 Å². The Morgan fingerprint density at radius 2 is 1.79 bits per heavy atom. The number of fused-ring (bicyclic) bond motifs is 2. The fourth-order valence-electron chi connectivity index (χ4n) is 4.55. The molecule has 1 aliphatic heterocycles. The molecule has 2 aromatic heterocycles. The summed E-state index contributed by atoms with van der Waals surface area (Å²) in [6.07, 6.45) is -4.47. The Morgan fingerprint density at radius 3 is 2.51 bits per heavy atom. The van der Waals surface area contributed by atoms with Crippen molar-refractivity contribution in [3.63, 3.8) is 0 Å². The molecule has 0 saturated carbocycles. The number of halogens is 3. The molecule has 1 saturated heterocycles. The molecule has 0 bridgehead atoms. The van der Waals surface area contributed by atoms with Crippen LogP contribution in [0, 0.1) is 0 Å². The highest BCUT2D eigenvalue weighted by atomic mass is 32.1. The molecule has 3 heterocycles. The molecule has 0 spiro atoms. The van der Waals surface area contributed by atoms with E-state index in [0.717, 1.165) is 18.6 Å². The summed E-state index contributed by atoms with van der Waals surface area (Å²) in [5.74, 6) is 0.0526. The molecule has 0 unspecified atom stereocenters. The molecule has 0 aliphatic carbocycles. The van der Waals surface area contributed by atoms with Gasteiger partial charge in [-0.3, -0.25) is 9.59 Å². The molecule has 1 fully saturated rings. The lowest BCUT2D eigenvalue weighted by atomic mass is 10.1. The molecule has 1 amide bonds. The van der Waals surface area contributed by atoms with E-state index in [1.54, 1.807) is 12.1 Å². The van der Waals surface area contributed by atoms with Crippen LogP contribution in [0.4, 0.5) is 24.3 Å². The highest BCUT2D eigenvalue weighted by Gasteiger charge is 2.31. The van der Waals surface area contributed by atoms with E-state index >= 15 is 0 Å². The van der Waals surface area contributed by atoms with Gasteiger partial charge in [-0.1, -0.05) is 11.3 Å². The average Bonchev–Trinajstić information content (AvgIpc) is 3.45. The number of hydrogen-bond donors (Lipinski definition) is 1. The van der Waals surface area contributed by atoms with Crippen molar-refractivity contribution in [1.82, 2.24) is 24.3 Å². The molecule has 0 atom stereocenters. The number of aromatic nitrogens is 3. The second-order valence-electron chi connectivity index (χ2n) is 9.31. The molecule has 1 aliphatic rings. The summed E-state index contributed by atoms with van der Waals surface area (Å²) >= 11 is 1.17. The molecule has 39 heavy (non-hydrogen) atoms. The average molecular weight is 561 g/mol. The van der Waals surface area contributed by atoms with E-state index in [4.69, 9.17) is 0 Å². The normalized spacial score (nSPS) is 14.7. The van der Waals surface area contributed by atoms with Gasteiger partial charge in [0.25, 0.3) is 0 Å². The maximum absolute atomic E-state index is 12.9. The first-order valence-corrected chi connectivity index (χ1v) is 13.3. The maximum Gasteiger partial charge on any atom is 0.573 e. The van der Waals surface area contributed by atoms with Crippen LogP contribution in [-0.2, 0) is 11.3 Å². The smallest absolute Gasteiger partial charge is 0.406 e. The predicted octanol–water partition coefficient (Wildman–Crippen LogP) is 5.05. The molecule has 4 aromatic rings. The summed E-state index contributed by atoms with van der Waals surface area (Å²) < 4.78 is 44.1. The van der Waals surface area contributed by atoms with Gasteiger partial charge in [-0.15, -0.1) is 13.2 Å². The van der Waals surface area contributed by atoms with Crippen LogP contribution in [-0.4, -0.2) is 75.6 Å². The number of amides is 1. The predicted molar refractivity (Wildman–Crippen MR) is 143 cm³/mol. The first kappa shape index (κ1) is 26.9. The van der Waals surface area contributed by atoms with Crippen LogP contribution in [0.5, 0.6) is 5.75 Å². The third kappa shape index (κ3) is 6.14. The highest BCUT2D eigenvalue weighted by Crippen LogP contribution is 2.33. The molecule has 5 rings (SSSR count). The number of anilines is 2. The lowest BCUT2D eigenvalue weighted by Crippen LogP contribution is -2.47. The van der Waals surface area contributed by atoms with Crippen LogP contribution < -0.4 is 10.1 Å². The zero-order valence-electron chi connectivity index (χ0n) is 21.4. The molecule has 0 radical (unpaired) electrons. The number of alkyl halides is 3. The first-order chi connectivity index (χ1) is 18.6. The van der Waals surface area contributed by atoms with Gasteiger partial charge in [0.2, 0.25) is 11.9 Å². The van der Waals surface area contributed by atoms with Gasteiger partial charge in [-0.25, -0.2) is 9.97 Å². The Kier molecular flexibility index (Phi) is 7.45.